The van der Waals surface area contributed by atoms with Gasteiger partial charge in [-0.15, -0.1) is 0 Å². The van der Waals surface area contributed by atoms with Crippen molar-refractivity contribution in [2.24, 2.45) is 10.2 Å². The summed E-state index contributed by atoms with van der Waals surface area (Å²) in [5.41, 5.74) is 2.66. The van der Waals surface area contributed by atoms with Gasteiger partial charge < -0.3 is 10.2 Å². The summed E-state index contributed by atoms with van der Waals surface area (Å²) in [6, 6.07) is 4.27. The predicted molar refractivity (Wildman–Crippen MR) is 71.1 cm³/mol. The largest absolute Gasteiger partial charge is 0.508 e. The van der Waals surface area contributed by atoms with Crippen LogP contribution in [-0.2, 0) is 6.42 Å². The van der Waals surface area contributed by atoms with E-state index < -0.39 is 0 Å². The van der Waals surface area contributed by atoms with Crippen molar-refractivity contribution in [3.05, 3.63) is 35.2 Å². The molecule has 7 heteroatoms. The minimum atomic E-state index is -0.0543. The number of hydrogen-bond donors (Lipinski definition) is 2. The van der Waals surface area contributed by atoms with Gasteiger partial charge in [0.15, 0.2) is 5.69 Å². The highest BCUT2D eigenvalue weighted by molar-refractivity contribution is 6.00. The highest BCUT2D eigenvalue weighted by Gasteiger charge is 2.20. The highest BCUT2D eigenvalue weighted by Crippen LogP contribution is 2.21. The SMILES string of the molecule is Oc1ccc(/C=N/N=C2/CCCc3nonc32)c(O)c1. The van der Waals surface area contributed by atoms with Gasteiger partial charge in [0.05, 0.1) is 11.9 Å². The molecule has 0 bridgehead atoms. The fourth-order valence-corrected chi connectivity index (χ4v) is 2.03. The summed E-state index contributed by atoms with van der Waals surface area (Å²) in [6.45, 7) is 0. The molecule has 1 aromatic heterocycles. The van der Waals surface area contributed by atoms with Gasteiger partial charge in [0, 0.05) is 11.6 Å². The molecule has 0 saturated carbocycles. The number of rotatable bonds is 2. The van der Waals surface area contributed by atoms with Crippen LogP contribution in [0.3, 0.4) is 0 Å². The van der Waals surface area contributed by atoms with E-state index in [4.69, 9.17) is 4.63 Å². The smallest absolute Gasteiger partial charge is 0.154 e. The number of aromatic nitrogens is 2. The summed E-state index contributed by atoms with van der Waals surface area (Å²) in [5, 5.41) is 34.5. The van der Waals surface area contributed by atoms with Crippen molar-refractivity contribution in [2.45, 2.75) is 19.3 Å². The highest BCUT2D eigenvalue weighted by atomic mass is 16.6. The number of aromatic hydroxyl groups is 2. The molecular weight excluding hydrogens is 260 g/mol. The van der Waals surface area contributed by atoms with Crippen molar-refractivity contribution >= 4 is 11.9 Å². The maximum absolute atomic E-state index is 9.62. The molecule has 0 aliphatic heterocycles. The first-order valence-electron chi connectivity index (χ1n) is 6.18. The molecule has 7 nitrogen and oxygen atoms in total. The van der Waals surface area contributed by atoms with E-state index in [-0.39, 0.29) is 11.5 Å². The van der Waals surface area contributed by atoms with Crippen molar-refractivity contribution < 1.29 is 14.8 Å². The fourth-order valence-electron chi connectivity index (χ4n) is 2.03. The Bertz CT molecular complexity index is 691. The summed E-state index contributed by atoms with van der Waals surface area (Å²) in [7, 11) is 0. The van der Waals surface area contributed by atoms with Gasteiger partial charge >= 0.3 is 0 Å². The Morgan fingerprint density at radius 1 is 1.20 bits per heavy atom. The van der Waals surface area contributed by atoms with E-state index in [1.54, 1.807) is 6.07 Å². The minimum absolute atomic E-state index is 0.00319. The summed E-state index contributed by atoms with van der Waals surface area (Å²) in [4.78, 5) is 0. The van der Waals surface area contributed by atoms with E-state index in [9.17, 15) is 10.2 Å². The first kappa shape index (κ1) is 12.3. The Balaban J connectivity index is 1.83. The quantitative estimate of drug-likeness (QED) is 0.638. The second kappa shape index (κ2) is 5.12. The van der Waals surface area contributed by atoms with Crippen LogP contribution in [0, 0.1) is 0 Å². The first-order valence-corrected chi connectivity index (χ1v) is 6.18. The summed E-state index contributed by atoms with van der Waals surface area (Å²) in [6.07, 6.45) is 3.95. The van der Waals surface area contributed by atoms with E-state index in [0.29, 0.717) is 11.3 Å². The molecule has 0 atom stereocenters. The van der Waals surface area contributed by atoms with Crippen LogP contribution in [0.4, 0.5) is 0 Å². The molecule has 1 aliphatic carbocycles. The van der Waals surface area contributed by atoms with Gasteiger partial charge in [-0.2, -0.15) is 10.2 Å². The maximum atomic E-state index is 9.62. The van der Waals surface area contributed by atoms with Gasteiger partial charge in [-0.3, -0.25) is 0 Å². The normalized spacial score (nSPS) is 16.7. The number of benzene rings is 1. The van der Waals surface area contributed by atoms with Gasteiger partial charge in [-0.25, -0.2) is 4.63 Å². The Labute approximate surface area is 114 Å². The van der Waals surface area contributed by atoms with Gasteiger partial charge in [0.2, 0.25) is 0 Å². The molecule has 0 spiro atoms. The number of hydrogen-bond acceptors (Lipinski definition) is 7. The van der Waals surface area contributed by atoms with Gasteiger partial charge in [0.1, 0.15) is 17.2 Å². The molecule has 0 fully saturated rings. The molecular formula is C13H12N4O3. The lowest BCUT2D eigenvalue weighted by Crippen LogP contribution is -2.11. The van der Waals surface area contributed by atoms with Crippen molar-refractivity contribution in [1.82, 2.24) is 10.3 Å². The minimum Gasteiger partial charge on any atom is -0.508 e. The van der Waals surface area contributed by atoms with Crippen LogP contribution in [0.1, 0.15) is 29.8 Å². The van der Waals surface area contributed by atoms with E-state index in [2.05, 4.69) is 20.5 Å². The molecule has 2 N–H and O–H groups in total. The number of nitrogens with zero attached hydrogens (tertiary/aromatic N) is 4. The zero-order valence-electron chi connectivity index (χ0n) is 10.5. The van der Waals surface area contributed by atoms with Gasteiger partial charge in [-0.1, -0.05) is 5.16 Å². The first-order chi connectivity index (χ1) is 9.74. The van der Waals surface area contributed by atoms with Crippen molar-refractivity contribution in [2.75, 3.05) is 0 Å². The topological polar surface area (TPSA) is 104 Å². The van der Waals surface area contributed by atoms with Crippen LogP contribution in [-0.4, -0.2) is 32.5 Å². The molecule has 0 amide bonds. The van der Waals surface area contributed by atoms with Crippen LogP contribution in [0.2, 0.25) is 0 Å². The summed E-state index contributed by atoms with van der Waals surface area (Å²) in [5.74, 6) is -0.0575. The lowest BCUT2D eigenvalue weighted by atomic mass is 9.99. The van der Waals surface area contributed by atoms with E-state index >= 15 is 0 Å². The average molecular weight is 272 g/mol. The maximum Gasteiger partial charge on any atom is 0.154 e. The standard InChI is InChI=1S/C13H12N4O3/c18-9-5-4-8(12(19)6-9)7-14-15-10-2-1-3-11-13(10)17-20-16-11/h4-7,18-19H,1-3H2/b14-7+,15-10-. The van der Waals surface area contributed by atoms with Gasteiger partial charge in [-0.05, 0) is 36.6 Å². The Kier molecular flexibility index (Phi) is 3.16. The van der Waals surface area contributed by atoms with Crippen LogP contribution in [0.25, 0.3) is 0 Å². The number of phenolic OH excluding ortho intramolecular Hbond substituents is 2. The number of aryl methyl sites for hydroxylation is 1. The molecule has 0 radical (unpaired) electrons. The average Bonchev–Trinajstić information content (AvgIpc) is 2.90. The fraction of sp³-hybridized carbons (Fsp3) is 0.231. The predicted octanol–water partition coefficient (Wildman–Crippen LogP) is 1.64. The molecule has 0 saturated heterocycles. The third-order valence-electron chi connectivity index (χ3n) is 3.05. The molecule has 1 heterocycles. The van der Waals surface area contributed by atoms with Crippen LogP contribution in [0.15, 0.2) is 33.0 Å². The molecule has 102 valence electrons. The molecule has 2 aromatic rings. The second-order valence-electron chi connectivity index (χ2n) is 4.45. The van der Waals surface area contributed by atoms with Gasteiger partial charge in [0.25, 0.3) is 0 Å². The lowest BCUT2D eigenvalue weighted by molar-refractivity contribution is 0.303. The molecule has 1 aliphatic rings. The Morgan fingerprint density at radius 2 is 2.10 bits per heavy atom. The van der Waals surface area contributed by atoms with Crippen LogP contribution >= 0.6 is 0 Å². The lowest BCUT2D eigenvalue weighted by Gasteiger charge is -2.07. The Hall–Kier alpha value is -2.70. The van der Waals surface area contributed by atoms with Crippen molar-refractivity contribution in [3.63, 3.8) is 0 Å². The van der Waals surface area contributed by atoms with E-state index in [1.165, 1.54) is 18.3 Å². The van der Waals surface area contributed by atoms with Crippen LogP contribution in [0.5, 0.6) is 11.5 Å². The van der Waals surface area contributed by atoms with Crippen molar-refractivity contribution in [1.29, 1.82) is 0 Å². The van der Waals surface area contributed by atoms with E-state index in [1.807, 2.05) is 0 Å². The number of fused-ring (bicyclic) bond motifs is 1. The molecule has 20 heavy (non-hydrogen) atoms. The molecule has 1 aromatic carbocycles. The van der Waals surface area contributed by atoms with E-state index in [0.717, 1.165) is 30.7 Å². The molecule has 0 unspecified atom stereocenters. The third-order valence-corrected chi connectivity index (χ3v) is 3.05. The zero-order chi connectivity index (χ0) is 13.9. The summed E-state index contributed by atoms with van der Waals surface area (Å²) < 4.78 is 4.69. The Morgan fingerprint density at radius 3 is 2.95 bits per heavy atom. The summed E-state index contributed by atoms with van der Waals surface area (Å²) >= 11 is 0. The molecule has 3 rings (SSSR count). The van der Waals surface area contributed by atoms with Crippen LogP contribution < -0.4 is 0 Å². The monoisotopic (exact) mass is 272 g/mol. The number of phenols is 2. The third kappa shape index (κ3) is 2.37. The zero-order valence-corrected chi connectivity index (χ0v) is 10.5. The van der Waals surface area contributed by atoms with Crippen molar-refractivity contribution in [3.8, 4) is 11.5 Å². The second-order valence-corrected chi connectivity index (χ2v) is 4.45.